The summed E-state index contributed by atoms with van der Waals surface area (Å²) in [6.45, 7) is -0.310. The first-order chi connectivity index (χ1) is 15.7. The average Bonchev–Trinajstić information content (AvgIpc) is 3.38. The first-order valence-electron chi connectivity index (χ1n) is 9.86. The highest BCUT2D eigenvalue weighted by Crippen LogP contribution is 2.30. The number of aromatic nitrogens is 5. The molecule has 4 aromatic rings. The summed E-state index contributed by atoms with van der Waals surface area (Å²) in [7, 11) is 0. The lowest BCUT2D eigenvalue weighted by Gasteiger charge is -2.08. The van der Waals surface area contributed by atoms with Gasteiger partial charge >= 0.3 is 6.18 Å². The minimum atomic E-state index is -4.41. The number of alkyl halides is 4. The second-order valence-electron chi connectivity index (χ2n) is 7.26. The molecule has 2 aromatic carbocycles. The summed E-state index contributed by atoms with van der Waals surface area (Å²) in [5.74, 6) is 0.864. The lowest BCUT2D eigenvalue weighted by molar-refractivity contribution is -0.137. The number of hydrogen-bond acceptors (Lipinski definition) is 3. The van der Waals surface area contributed by atoms with E-state index >= 15 is 0 Å². The Kier molecular flexibility index (Phi) is 6.71. The average molecular weight is 498 g/mol. The van der Waals surface area contributed by atoms with Crippen LogP contribution in [0, 0.1) is 0 Å². The molecule has 0 saturated carbocycles. The fourth-order valence-corrected chi connectivity index (χ4v) is 3.84. The van der Waals surface area contributed by atoms with Gasteiger partial charge in [-0.25, -0.2) is 14.1 Å². The van der Waals surface area contributed by atoms with Gasteiger partial charge in [-0.15, -0.1) is 0 Å². The highest BCUT2D eigenvalue weighted by Gasteiger charge is 2.30. The van der Waals surface area contributed by atoms with Crippen LogP contribution in [-0.2, 0) is 25.7 Å². The van der Waals surface area contributed by atoms with Crippen molar-refractivity contribution in [2.24, 2.45) is 0 Å². The van der Waals surface area contributed by atoms with E-state index in [-0.39, 0.29) is 19.5 Å². The fraction of sp³-hybridized carbons (Fsp3) is 0.227. The Bertz CT molecular complexity index is 1230. The van der Waals surface area contributed by atoms with Crippen LogP contribution in [0.25, 0.3) is 11.4 Å². The molecule has 0 bridgehead atoms. The number of nitrogens with zero attached hydrogens (tertiary/aromatic N) is 5. The molecule has 2 heterocycles. The lowest BCUT2D eigenvalue weighted by Crippen LogP contribution is -2.07. The van der Waals surface area contributed by atoms with Crippen LogP contribution in [0.5, 0.6) is 0 Å². The van der Waals surface area contributed by atoms with Gasteiger partial charge in [0.25, 0.3) is 0 Å². The van der Waals surface area contributed by atoms with Crippen molar-refractivity contribution in [3.05, 3.63) is 87.4 Å². The quantitative estimate of drug-likeness (QED) is 0.291. The van der Waals surface area contributed by atoms with Crippen LogP contribution in [-0.4, -0.2) is 31.2 Å². The smallest absolute Gasteiger partial charge is 0.269 e. The van der Waals surface area contributed by atoms with Gasteiger partial charge in [0, 0.05) is 22.7 Å². The van der Waals surface area contributed by atoms with Crippen molar-refractivity contribution in [1.29, 1.82) is 0 Å². The molecule has 33 heavy (non-hydrogen) atoms. The van der Waals surface area contributed by atoms with Gasteiger partial charge < -0.3 is 0 Å². The molecule has 0 fully saturated rings. The van der Waals surface area contributed by atoms with E-state index in [1.54, 1.807) is 29.1 Å². The molecule has 172 valence electrons. The van der Waals surface area contributed by atoms with Crippen molar-refractivity contribution in [3.63, 3.8) is 0 Å². The summed E-state index contributed by atoms with van der Waals surface area (Å²) >= 11 is 12.5. The molecular formula is C22H17Cl2F4N5. The van der Waals surface area contributed by atoms with E-state index in [1.807, 2.05) is 0 Å². The Morgan fingerprint density at radius 1 is 0.970 bits per heavy atom. The van der Waals surface area contributed by atoms with Gasteiger partial charge in [-0.1, -0.05) is 41.4 Å². The third kappa shape index (κ3) is 5.36. The molecule has 0 amide bonds. The van der Waals surface area contributed by atoms with Crippen LogP contribution in [0.2, 0.25) is 10.0 Å². The van der Waals surface area contributed by atoms with Crippen LogP contribution in [0.4, 0.5) is 17.6 Å². The highest BCUT2D eigenvalue weighted by atomic mass is 35.5. The highest BCUT2D eigenvalue weighted by molar-refractivity contribution is 6.36. The van der Waals surface area contributed by atoms with Crippen molar-refractivity contribution in [2.45, 2.75) is 25.7 Å². The van der Waals surface area contributed by atoms with Crippen LogP contribution in [0.3, 0.4) is 0 Å². The van der Waals surface area contributed by atoms with Crippen molar-refractivity contribution in [1.82, 2.24) is 24.5 Å². The molecule has 0 aliphatic heterocycles. The third-order valence-corrected chi connectivity index (χ3v) is 5.64. The van der Waals surface area contributed by atoms with Crippen molar-refractivity contribution in [2.75, 3.05) is 6.67 Å². The SMILES string of the molecule is FCCn1cc(-c2nc(Cc3c(Cl)cccc3Cl)nn2Cc2ccc(C(F)(F)F)cc2)cn1. The first kappa shape index (κ1) is 23.3. The van der Waals surface area contributed by atoms with E-state index in [4.69, 9.17) is 23.2 Å². The molecular weight excluding hydrogens is 481 g/mol. The topological polar surface area (TPSA) is 48.5 Å². The van der Waals surface area contributed by atoms with E-state index in [9.17, 15) is 17.6 Å². The molecule has 2 aromatic heterocycles. The molecule has 0 spiro atoms. The predicted octanol–water partition coefficient (Wildman–Crippen LogP) is 6.08. The molecule has 4 rings (SSSR count). The molecule has 0 aliphatic carbocycles. The molecule has 0 radical (unpaired) electrons. The van der Waals surface area contributed by atoms with Gasteiger partial charge in [0.1, 0.15) is 6.67 Å². The van der Waals surface area contributed by atoms with E-state index in [2.05, 4.69) is 15.2 Å². The second-order valence-corrected chi connectivity index (χ2v) is 8.08. The summed E-state index contributed by atoms with van der Waals surface area (Å²) < 4.78 is 54.4. The molecule has 0 N–H and O–H groups in total. The molecule has 0 aliphatic rings. The Hall–Kier alpha value is -2.91. The zero-order valence-electron chi connectivity index (χ0n) is 17.0. The first-order valence-corrected chi connectivity index (χ1v) is 10.6. The van der Waals surface area contributed by atoms with E-state index in [0.29, 0.717) is 38.4 Å². The molecule has 0 unspecified atom stereocenters. The van der Waals surface area contributed by atoms with Crippen molar-refractivity contribution < 1.29 is 17.6 Å². The third-order valence-electron chi connectivity index (χ3n) is 4.93. The maximum Gasteiger partial charge on any atom is 0.416 e. The van der Waals surface area contributed by atoms with E-state index < -0.39 is 18.4 Å². The Labute approximate surface area is 196 Å². The predicted molar refractivity (Wildman–Crippen MR) is 117 cm³/mol. The van der Waals surface area contributed by atoms with Crippen LogP contribution in [0.15, 0.2) is 54.9 Å². The Balaban J connectivity index is 1.69. The van der Waals surface area contributed by atoms with Crippen LogP contribution in [0.1, 0.15) is 22.5 Å². The second kappa shape index (κ2) is 9.52. The number of hydrogen-bond donors (Lipinski definition) is 0. The minimum absolute atomic E-state index is 0.0924. The number of halogens is 6. The zero-order chi connectivity index (χ0) is 23.6. The maximum absolute atomic E-state index is 12.9. The number of benzene rings is 2. The van der Waals surface area contributed by atoms with Crippen LogP contribution < -0.4 is 0 Å². The monoisotopic (exact) mass is 497 g/mol. The summed E-state index contributed by atoms with van der Waals surface area (Å²) in [4.78, 5) is 4.59. The largest absolute Gasteiger partial charge is 0.416 e. The van der Waals surface area contributed by atoms with Gasteiger partial charge in [-0.2, -0.15) is 23.4 Å². The lowest BCUT2D eigenvalue weighted by atomic mass is 10.1. The van der Waals surface area contributed by atoms with Gasteiger partial charge in [-0.3, -0.25) is 4.68 Å². The normalized spacial score (nSPS) is 11.8. The summed E-state index contributed by atoms with van der Waals surface area (Å²) in [5.41, 5.74) is 1.13. The number of aryl methyl sites for hydroxylation is 1. The Morgan fingerprint density at radius 3 is 2.30 bits per heavy atom. The molecule has 11 heteroatoms. The van der Waals surface area contributed by atoms with Crippen LogP contribution >= 0.6 is 23.2 Å². The van der Waals surface area contributed by atoms with Crippen molar-refractivity contribution in [3.8, 4) is 11.4 Å². The maximum atomic E-state index is 12.9. The Morgan fingerprint density at radius 2 is 1.67 bits per heavy atom. The number of rotatable bonds is 7. The minimum Gasteiger partial charge on any atom is -0.269 e. The molecule has 5 nitrogen and oxygen atoms in total. The van der Waals surface area contributed by atoms with Gasteiger partial charge in [0.15, 0.2) is 11.6 Å². The van der Waals surface area contributed by atoms with Gasteiger partial charge in [0.2, 0.25) is 0 Å². The standard InChI is InChI=1S/C22H17Cl2F4N5/c23-18-2-1-3-19(24)17(18)10-20-30-21(15-11-29-32(13-15)9-8-25)33(31-20)12-14-4-6-16(7-5-14)22(26,27)28/h1-7,11,13H,8-10,12H2. The van der Waals surface area contributed by atoms with Gasteiger partial charge in [-0.05, 0) is 35.4 Å². The van der Waals surface area contributed by atoms with E-state index in [1.165, 1.54) is 23.0 Å². The van der Waals surface area contributed by atoms with E-state index in [0.717, 1.165) is 12.1 Å². The summed E-state index contributed by atoms with van der Waals surface area (Å²) in [6.07, 6.45) is -0.984. The zero-order valence-corrected chi connectivity index (χ0v) is 18.5. The summed E-state index contributed by atoms with van der Waals surface area (Å²) in [5, 5.41) is 9.60. The molecule has 0 saturated heterocycles. The molecule has 0 atom stereocenters. The van der Waals surface area contributed by atoms with Gasteiger partial charge in [0.05, 0.1) is 30.4 Å². The van der Waals surface area contributed by atoms with Crippen molar-refractivity contribution >= 4 is 23.2 Å². The fourth-order valence-electron chi connectivity index (χ4n) is 3.31. The summed E-state index contributed by atoms with van der Waals surface area (Å²) in [6, 6.07) is 9.99.